The Bertz CT molecular complexity index is 563. The van der Waals surface area contributed by atoms with Gasteiger partial charge in [-0.25, -0.2) is 14.4 Å². The van der Waals surface area contributed by atoms with E-state index in [4.69, 9.17) is 11.6 Å². The van der Waals surface area contributed by atoms with Gasteiger partial charge < -0.3 is 5.32 Å². The SMILES string of the molecule is CCCNc1ncc(F)c(SCc2ccc(Cl)cc2)n1. The topological polar surface area (TPSA) is 37.8 Å². The molecule has 0 saturated carbocycles. The Labute approximate surface area is 127 Å². The first kappa shape index (κ1) is 15.1. The molecule has 3 nitrogen and oxygen atoms in total. The number of hydrogen-bond donors (Lipinski definition) is 1. The molecule has 0 aliphatic rings. The van der Waals surface area contributed by atoms with Gasteiger partial charge >= 0.3 is 0 Å². The third-order valence-electron chi connectivity index (χ3n) is 2.53. The van der Waals surface area contributed by atoms with Crippen molar-refractivity contribution in [2.45, 2.75) is 24.1 Å². The van der Waals surface area contributed by atoms with Crippen molar-refractivity contribution in [1.82, 2.24) is 9.97 Å². The van der Waals surface area contributed by atoms with Crippen molar-refractivity contribution in [1.29, 1.82) is 0 Å². The molecule has 106 valence electrons. The molecular formula is C14H15ClFN3S. The first-order chi connectivity index (χ1) is 9.69. The maximum atomic E-state index is 13.7. The standard InChI is InChI=1S/C14H15ClFN3S/c1-2-7-17-14-18-8-12(16)13(19-14)20-9-10-3-5-11(15)6-4-10/h3-6,8H,2,7,9H2,1H3,(H,17,18,19). The second-order valence-electron chi connectivity index (χ2n) is 4.19. The zero-order valence-corrected chi connectivity index (χ0v) is 12.6. The number of hydrogen-bond acceptors (Lipinski definition) is 4. The molecule has 1 aromatic carbocycles. The zero-order valence-electron chi connectivity index (χ0n) is 11.1. The van der Waals surface area contributed by atoms with Crippen LogP contribution in [-0.2, 0) is 5.75 Å². The summed E-state index contributed by atoms with van der Waals surface area (Å²) < 4.78 is 13.7. The number of aromatic nitrogens is 2. The lowest BCUT2D eigenvalue weighted by Crippen LogP contribution is -2.05. The van der Waals surface area contributed by atoms with Gasteiger partial charge in [0, 0.05) is 17.3 Å². The number of nitrogens with one attached hydrogen (secondary N) is 1. The van der Waals surface area contributed by atoms with E-state index in [1.165, 1.54) is 18.0 Å². The van der Waals surface area contributed by atoms with Crippen molar-refractivity contribution in [3.8, 4) is 0 Å². The molecule has 1 N–H and O–H groups in total. The molecule has 0 unspecified atom stereocenters. The van der Waals surface area contributed by atoms with Crippen molar-refractivity contribution in [3.05, 3.63) is 46.9 Å². The number of halogens is 2. The maximum absolute atomic E-state index is 13.7. The van der Waals surface area contributed by atoms with Crippen LogP contribution in [0.4, 0.5) is 10.3 Å². The van der Waals surface area contributed by atoms with Crippen LogP contribution >= 0.6 is 23.4 Å². The Balaban J connectivity index is 2.02. The average molecular weight is 312 g/mol. The van der Waals surface area contributed by atoms with E-state index in [2.05, 4.69) is 15.3 Å². The van der Waals surface area contributed by atoms with E-state index in [9.17, 15) is 4.39 Å². The Morgan fingerprint density at radius 3 is 2.75 bits per heavy atom. The van der Waals surface area contributed by atoms with Crippen LogP contribution in [0, 0.1) is 5.82 Å². The van der Waals surface area contributed by atoms with Gasteiger partial charge in [-0.2, -0.15) is 0 Å². The molecule has 20 heavy (non-hydrogen) atoms. The van der Waals surface area contributed by atoms with Crippen LogP contribution in [0.25, 0.3) is 0 Å². The van der Waals surface area contributed by atoms with Gasteiger partial charge in [0.2, 0.25) is 5.95 Å². The molecular weight excluding hydrogens is 297 g/mol. The van der Waals surface area contributed by atoms with Gasteiger partial charge in [-0.05, 0) is 24.1 Å². The van der Waals surface area contributed by atoms with Crippen LogP contribution < -0.4 is 5.32 Å². The summed E-state index contributed by atoms with van der Waals surface area (Å²) in [6.45, 7) is 2.82. The van der Waals surface area contributed by atoms with E-state index < -0.39 is 5.82 Å². The summed E-state index contributed by atoms with van der Waals surface area (Å²) in [4.78, 5) is 8.10. The van der Waals surface area contributed by atoms with Crippen molar-refractivity contribution in [2.24, 2.45) is 0 Å². The van der Waals surface area contributed by atoms with Crippen LogP contribution in [0.2, 0.25) is 5.02 Å². The van der Waals surface area contributed by atoms with Gasteiger partial charge in [-0.15, -0.1) is 0 Å². The van der Waals surface area contributed by atoms with E-state index in [0.29, 0.717) is 21.7 Å². The molecule has 0 fully saturated rings. The number of nitrogens with zero attached hydrogens (tertiary/aromatic N) is 2. The zero-order chi connectivity index (χ0) is 14.4. The lowest BCUT2D eigenvalue weighted by atomic mass is 10.2. The summed E-state index contributed by atoms with van der Waals surface area (Å²) in [5, 5.41) is 4.10. The summed E-state index contributed by atoms with van der Waals surface area (Å²) in [5.41, 5.74) is 1.07. The first-order valence-electron chi connectivity index (χ1n) is 6.32. The molecule has 0 radical (unpaired) electrons. The minimum absolute atomic E-state index is 0.355. The van der Waals surface area contributed by atoms with E-state index in [0.717, 1.165) is 18.5 Å². The Kier molecular flexibility index (Phi) is 5.61. The highest BCUT2D eigenvalue weighted by molar-refractivity contribution is 7.98. The normalized spacial score (nSPS) is 10.6. The van der Waals surface area contributed by atoms with Crippen molar-refractivity contribution in [2.75, 3.05) is 11.9 Å². The van der Waals surface area contributed by atoms with Crippen molar-refractivity contribution in [3.63, 3.8) is 0 Å². The van der Waals surface area contributed by atoms with Crippen LogP contribution in [-0.4, -0.2) is 16.5 Å². The number of benzene rings is 1. The predicted molar refractivity (Wildman–Crippen MR) is 81.8 cm³/mol. The summed E-state index contributed by atoms with van der Waals surface area (Å²) in [5.74, 6) is 0.705. The first-order valence-corrected chi connectivity index (χ1v) is 7.69. The van der Waals surface area contributed by atoms with Crippen LogP contribution in [0.15, 0.2) is 35.5 Å². The maximum Gasteiger partial charge on any atom is 0.223 e. The Hall–Kier alpha value is -1.33. The summed E-state index contributed by atoms with van der Waals surface area (Å²) in [7, 11) is 0. The molecule has 2 aromatic rings. The van der Waals surface area contributed by atoms with E-state index >= 15 is 0 Å². The van der Waals surface area contributed by atoms with Crippen LogP contribution in [0.1, 0.15) is 18.9 Å². The van der Waals surface area contributed by atoms with E-state index in [-0.39, 0.29) is 0 Å². The highest BCUT2D eigenvalue weighted by Crippen LogP contribution is 2.24. The van der Waals surface area contributed by atoms with Gasteiger partial charge in [0.15, 0.2) is 5.82 Å². The molecule has 0 saturated heterocycles. The molecule has 0 atom stereocenters. The fourth-order valence-electron chi connectivity index (χ4n) is 1.51. The van der Waals surface area contributed by atoms with E-state index in [1.54, 1.807) is 0 Å². The monoisotopic (exact) mass is 311 g/mol. The number of anilines is 1. The lowest BCUT2D eigenvalue weighted by molar-refractivity contribution is 0.579. The van der Waals surface area contributed by atoms with E-state index in [1.807, 2.05) is 31.2 Å². The molecule has 1 aromatic heterocycles. The average Bonchev–Trinajstić information content (AvgIpc) is 2.46. The molecule has 0 spiro atoms. The Morgan fingerprint density at radius 1 is 1.30 bits per heavy atom. The lowest BCUT2D eigenvalue weighted by Gasteiger charge is -2.06. The minimum atomic E-state index is -0.397. The number of thioether (sulfide) groups is 1. The molecule has 0 amide bonds. The molecule has 2 rings (SSSR count). The third kappa shape index (κ3) is 4.35. The second-order valence-corrected chi connectivity index (χ2v) is 5.59. The highest BCUT2D eigenvalue weighted by Gasteiger charge is 2.08. The fourth-order valence-corrected chi connectivity index (χ4v) is 2.47. The molecule has 0 bridgehead atoms. The minimum Gasteiger partial charge on any atom is -0.354 e. The summed E-state index contributed by atoms with van der Waals surface area (Å²) >= 11 is 7.17. The van der Waals surface area contributed by atoms with Crippen molar-refractivity contribution < 1.29 is 4.39 Å². The summed E-state index contributed by atoms with van der Waals surface area (Å²) in [6, 6.07) is 7.49. The fraction of sp³-hybridized carbons (Fsp3) is 0.286. The Morgan fingerprint density at radius 2 is 2.05 bits per heavy atom. The third-order valence-corrected chi connectivity index (χ3v) is 3.82. The molecule has 1 heterocycles. The molecule has 0 aliphatic heterocycles. The largest absolute Gasteiger partial charge is 0.354 e. The van der Waals surface area contributed by atoms with Gasteiger partial charge in [0.1, 0.15) is 5.03 Å². The smallest absolute Gasteiger partial charge is 0.223 e. The quantitative estimate of drug-likeness (QED) is 0.634. The van der Waals surface area contributed by atoms with Gasteiger partial charge in [0.05, 0.1) is 6.20 Å². The molecule has 6 heteroatoms. The molecule has 0 aliphatic carbocycles. The predicted octanol–water partition coefficient (Wildman–Crippen LogP) is 4.38. The second kappa shape index (κ2) is 7.45. The van der Waals surface area contributed by atoms with Crippen LogP contribution in [0.5, 0.6) is 0 Å². The van der Waals surface area contributed by atoms with Gasteiger partial charge in [0.25, 0.3) is 0 Å². The van der Waals surface area contributed by atoms with Gasteiger partial charge in [-0.1, -0.05) is 42.4 Å². The summed E-state index contributed by atoms with van der Waals surface area (Å²) in [6.07, 6.45) is 2.17. The number of rotatable bonds is 6. The van der Waals surface area contributed by atoms with Gasteiger partial charge in [-0.3, -0.25) is 0 Å². The highest BCUT2D eigenvalue weighted by atomic mass is 35.5. The van der Waals surface area contributed by atoms with Crippen molar-refractivity contribution >= 4 is 29.3 Å². The van der Waals surface area contributed by atoms with Crippen LogP contribution in [0.3, 0.4) is 0 Å².